The lowest BCUT2D eigenvalue weighted by atomic mass is 10.2. The molecule has 0 unspecified atom stereocenters. The Hall–Kier alpha value is -1.60. The zero-order valence-electron chi connectivity index (χ0n) is 16.6. The van der Waals surface area contributed by atoms with Crippen molar-refractivity contribution in [1.29, 1.82) is 0 Å². The molecule has 0 fully saturated rings. The molecule has 0 saturated heterocycles. The van der Waals surface area contributed by atoms with Crippen LogP contribution in [0.15, 0.2) is 47.4 Å². The molecule has 0 aliphatic carbocycles. The molecule has 28 heavy (non-hydrogen) atoms. The number of anilines is 1. The number of hydrogen-bond acceptors (Lipinski definition) is 5. The number of benzene rings is 2. The summed E-state index contributed by atoms with van der Waals surface area (Å²) < 4.78 is 1.11. The number of thiazole rings is 1. The van der Waals surface area contributed by atoms with Crippen molar-refractivity contribution in [3.63, 3.8) is 0 Å². The summed E-state index contributed by atoms with van der Waals surface area (Å²) in [6.07, 6.45) is 0. The highest BCUT2D eigenvalue weighted by Crippen LogP contribution is 2.31. The highest BCUT2D eigenvalue weighted by atomic mass is 35.5. The van der Waals surface area contributed by atoms with Gasteiger partial charge in [0.25, 0.3) is 5.91 Å². The third-order valence-corrected chi connectivity index (χ3v) is 6.09. The van der Waals surface area contributed by atoms with E-state index in [-0.39, 0.29) is 18.3 Å². The van der Waals surface area contributed by atoms with Gasteiger partial charge in [0.05, 0.1) is 10.2 Å². The van der Waals surface area contributed by atoms with Crippen molar-refractivity contribution in [2.75, 3.05) is 37.8 Å². The van der Waals surface area contributed by atoms with Crippen molar-refractivity contribution >= 4 is 56.8 Å². The first-order valence-electron chi connectivity index (χ1n) is 9.04. The van der Waals surface area contributed by atoms with Crippen LogP contribution in [0.1, 0.15) is 22.8 Å². The van der Waals surface area contributed by atoms with Gasteiger partial charge in [0.2, 0.25) is 0 Å². The van der Waals surface area contributed by atoms with Gasteiger partial charge in [0.1, 0.15) is 0 Å². The van der Waals surface area contributed by atoms with Crippen molar-refractivity contribution < 1.29 is 4.79 Å². The van der Waals surface area contributed by atoms with Crippen molar-refractivity contribution in [3.05, 3.63) is 53.6 Å². The average Bonchev–Trinajstić information content (AvgIpc) is 3.04. The van der Waals surface area contributed by atoms with E-state index in [1.165, 1.54) is 5.56 Å². The van der Waals surface area contributed by atoms with Crippen LogP contribution in [-0.2, 0) is 0 Å². The second-order valence-electron chi connectivity index (χ2n) is 6.69. The van der Waals surface area contributed by atoms with Gasteiger partial charge in [-0.05, 0) is 62.7 Å². The standard InChI is InChI=1S/C21H25N3OS2.ClH/c1-5-26-17-8-6-7-16(14-17)20(25)24(12-11-23(3)4)21-22-18-10-9-15(2)13-19(18)27-21;/h6-10,13-14H,5,11-12H2,1-4H3;1H. The van der Waals surface area contributed by atoms with E-state index >= 15 is 0 Å². The maximum Gasteiger partial charge on any atom is 0.260 e. The fraction of sp³-hybridized carbons (Fsp3) is 0.333. The number of amides is 1. The summed E-state index contributed by atoms with van der Waals surface area (Å²) in [5.74, 6) is 0.991. The maximum atomic E-state index is 13.3. The van der Waals surface area contributed by atoms with Gasteiger partial charge in [-0.1, -0.05) is 30.4 Å². The number of carbonyl (C=O) groups is 1. The molecule has 0 bridgehead atoms. The first-order chi connectivity index (χ1) is 13.0. The van der Waals surface area contributed by atoms with E-state index in [0.29, 0.717) is 12.1 Å². The fourth-order valence-electron chi connectivity index (χ4n) is 2.76. The van der Waals surface area contributed by atoms with Crippen LogP contribution in [0.4, 0.5) is 5.13 Å². The number of thioether (sulfide) groups is 1. The Balaban J connectivity index is 0.00000280. The summed E-state index contributed by atoms with van der Waals surface area (Å²) in [7, 11) is 4.03. The van der Waals surface area contributed by atoms with Crippen LogP contribution in [0.25, 0.3) is 10.2 Å². The minimum atomic E-state index is 0. The number of fused-ring (bicyclic) bond motifs is 1. The van der Waals surface area contributed by atoms with Crippen LogP contribution in [0.5, 0.6) is 0 Å². The number of aryl methyl sites for hydroxylation is 1. The molecule has 0 aliphatic rings. The van der Waals surface area contributed by atoms with E-state index in [2.05, 4.69) is 36.9 Å². The molecule has 2 aromatic carbocycles. The van der Waals surface area contributed by atoms with E-state index in [4.69, 9.17) is 4.98 Å². The quantitative estimate of drug-likeness (QED) is 0.469. The number of halogens is 1. The molecule has 0 N–H and O–H groups in total. The predicted molar refractivity (Wildman–Crippen MR) is 125 cm³/mol. The number of nitrogens with zero attached hydrogens (tertiary/aromatic N) is 3. The zero-order chi connectivity index (χ0) is 19.4. The van der Waals surface area contributed by atoms with Crippen LogP contribution in [-0.4, -0.2) is 48.7 Å². The minimum absolute atomic E-state index is 0. The summed E-state index contributed by atoms with van der Waals surface area (Å²) in [6.45, 7) is 5.58. The fourth-order valence-corrected chi connectivity index (χ4v) is 4.57. The Morgan fingerprint density at radius 1 is 1.14 bits per heavy atom. The molecule has 1 heterocycles. The van der Waals surface area contributed by atoms with Gasteiger partial charge in [-0.2, -0.15) is 0 Å². The first kappa shape index (κ1) is 22.7. The molecule has 4 nitrogen and oxygen atoms in total. The highest BCUT2D eigenvalue weighted by molar-refractivity contribution is 7.99. The molecular formula is C21H26ClN3OS2. The molecule has 0 aliphatic heterocycles. The van der Waals surface area contributed by atoms with E-state index in [9.17, 15) is 4.79 Å². The number of carbonyl (C=O) groups excluding carboxylic acids is 1. The van der Waals surface area contributed by atoms with Crippen molar-refractivity contribution in [1.82, 2.24) is 9.88 Å². The normalized spacial score (nSPS) is 10.9. The summed E-state index contributed by atoms with van der Waals surface area (Å²) in [6, 6.07) is 14.1. The number of rotatable bonds is 7. The Morgan fingerprint density at radius 2 is 1.93 bits per heavy atom. The predicted octanol–water partition coefficient (Wildman–Crippen LogP) is 5.35. The Kier molecular flexibility index (Phi) is 8.31. The highest BCUT2D eigenvalue weighted by Gasteiger charge is 2.21. The lowest BCUT2D eigenvalue weighted by molar-refractivity contribution is 0.0985. The smallest absolute Gasteiger partial charge is 0.260 e. The van der Waals surface area contributed by atoms with Crippen molar-refractivity contribution in [3.8, 4) is 0 Å². The Morgan fingerprint density at radius 3 is 2.64 bits per heavy atom. The molecule has 0 radical (unpaired) electrons. The van der Waals surface area contributed by atoms with Gasteiger partial charge in [-0.15, -0.1) is 24.2 Å². The molecule has 3 rings (SSSR count). The van der Waals surface area contributed by atoms with E-state index in [1.54, 1.807) is 23.1 Å². The molecule has 1 aromatic heterocycles. The van der Waals surface area contributed by atoms with Gasteiger partial charge in [-0.3, -0.25) is 9.69 Å². The summed E-state index contributed by atoms with van der Waals surface area (Å²) in [5, 5.41) is 0.760. The van der Waals surface area contributed by atoms with Crippen LogP contribution in [0.2, 0.25) is 0 Å². The summed E-state index contributed by atoms with van der Waals surface area (Å²) in [4.78, 5) is 23.1. The molecule has 0 saturated carbocycles. The molecule has 0 spiro atoms. The molecule has 0 atom stereocenters. The van der Waals surface area contributed by atoms with E-state index in [1.807, 2.05) is 43.3 Å². The molecule has 7 heteroatoms. The van der Waals surface area contributed by atoms with Crippen molar-refractivity contribution in [2.45, 2.75) is 18.7 Å². The zero-order valence-corrected chi connectivity index (χ0v) is 19.1. The average molecular weight is 436 g/mol. The number of hydrogen-bond donors (Lipinski definition) is 0. The molecule has 3 aromatic rings. The van der Waals surface area contributed by atoms with E-state index < -0.39 is 0 Å². The minimum Gasteiger partial charge on any atom is -0.308 e. The Bertz CT molecular complexity index is 942. The summed E-state index contributed by atoms with van der Waals surface area (Å²) in [5.41, 5.74) is 2.86. The topological polar surface area (TPSA) is 36.4 Å². The third kappa shape index (κ3) is 5.47. The maximum absolute atomic E-state index is 13.3. The third-order valence-electron chi connectivity index (χ3n) is 4.17. The van der Waals surface area contributed by atoms with Gasteiger partial charge in [0.15, 0.2) is 5.13 Å². The van der Waals surface area contributed by atoms with Crippen LogP contribution < -0.4 is 4.90 Å². The molecule has 150 valence electrons. The second-order valence-corrected chi connectivity index (χ2v) is 9.04. The number of likely N-dealkylation sites (N-methyl/N-ethyl adjacent to an activating group) is 1. The Labute approximate surface area is 181 Å². The monoisotopic (exact) mass is 435 g/mol. The van der Waals surface area contributed by atoms with Crippen molar-refractivity contribution in [2.24, 2.45) is 0 Å². The first-order valence-corrected chi connectivity index (χ1v) is 10.8. The number of aromatic nitrogens is 1. The van der Waals surface area contributed by atoms with Crippen LogP contribution >= 0.6 is 35.5 Å². The lowest BCUT2D eigenvalue weighted by Crippen LogP contribution is -2.36. The van der Waals surface area contributed by atoms with Gasteiger partial charge >= 0.3 is 0 Å². The summed E-state index contributed by atoms with van der Waals surface area (Å²) >= 11 is 3.32. The largest absolute Gasteiger partial charge is 0.308 e. The van der Waals surface area contributed by atoms with Crippen LogP contribution in [0, 0.1) is 6.92 Å². The van der Waals surface area contributed by atoms with Gasteiger partial charge < -0.3 is 4.90 Å². The van der Waals surface area contributed by atoms with Gasteiger partial charge in [0, 0.05) is 23.5 Å². The van der Waals surface area contributed by atoms with Gasteiger partial charge in [-0.25, -0.2) is 4.98 Å². The SMILES string of the molecule is CCSc1cccc(C(=O)N(CCN(C)C)c2nc3ccc(C)cc3s2)c1.Cl. The lowest BCUT2D eigenvalue weighted by Gasteiger charge is -2.22. The van der Waals surface area contributed by atoms with E-state index in [0.717, 1.165) is 32.5 Å². The molecule has 1 amide bonds. The molecular weight excluding hydrogens is 410 g/mol. The second kappa shape index (κ2) is 10.3. The van der Waals surface area contributed by atoms with Crippen LogP contribution in [0.3, 0.4) is 0 Å².